The molecule has 130 valence electrons. The molecule has 1 aliphatic rings. The lowest BCUT2D eigenvalue weighted by Gasteiger charge is -2.13. The second-order valence-electron chi connectivity index (χ2n) is 5.69. The Hall–Kier alpha value is -2.38. The third-order valence-corrected chi connectivity index (χ3v) is 4.05. The number of benzene rings is 2. The van der Waals surface area contributed by atoms with Gasteiger partial charge in [-0.2, -0.15) is 0 Å². The largest absolute Gasteiger partial charge is 0.490 e. The number of anilines is 2. The van der Waals surface area contributed by atoms with Gasteiger partial charge in [0.25, 0.3) is 5.17 Å². The highest BCUT2D eigenvalue weighted by Crippen LogP contribution is 2.17. The Bertz CT molecular complexity index is 748. The van der Waals surface area contributed by atoms with Crippen molar-refractivity contribution in [2.75, 3.05) is 23.8 Å². The molecule has 7 heteroatoms. The normalized spacial score (nSPS) is 15.9. The van der Waals surface area contributed by atoms with E-state index in [0.29, 0.717) is 23.4 Å². The molecule has 1 unspecified atom stereocenters. The summed E-state index contributed by atoms with van der Waals surface area (Å²) in [6.07, 6.45) is -0.0448. The Morgan fingerprint density at radius 2 is 1.72 bits per heavy atom. The van der Waals surface area contributed by atoms with Crippen LogP contribution in [-0.2, 0) is 4.74 Å². The van der Waals surface area contributed by atoms with Crippen LogP contribution in [0.15, 0.2) is 48.5 Å². The van der Waals surface area contributed by atoms with Crippen molar-refractivity contribution in [3.05, 3.63) is 54.1 Å². The molecule has 1 saturated heterocycles. The van der Waals surface area contributed by atoms with Gasteiger partial charge >= 0.3 is 0 Å². The number of aryl methyl sites for hydroxylation is 1. The van der Waals surface area contributed by atoms with Crippen LogP contribution >= 0.6 is 24.4 Å². The maximum absolute atomic E-state index is 5.70. The smallest absolute Gasteiger partial charge is 0.257 e. The quantitative estimate of drug-likeness (QED) is 0.694. The number of nitrogens with one attached hydrogen (secondary N) is 3. The van der Waals surface area contributed by atoms with E-state index in [1.54, 1.807) is 0 Å². The van der Waals surface area contributed by atoms with Crippen molar-refractivity contribution in [3.8, 4) is 5.75 Å². The van der Waals surface area contributed by atoms with E-state index in [-0.39, 0.29) is 6.10 Å². The first-order valence-corrected chi connectivity index (χ1v) is 8.72. The van der Waals surface area contributed by atoms with Crippen molar-refractivity contribution in [1.82, 2.24) is 5.32 Å². The lowest BCUT2D eigenvalue weighted by Crippen LogP contribution is -2.22. The Balaban J connectivity index is 1.47. The summed E-state index contributed by atoms with van der Waals surface area (Å²) < 4.78 is 11.1. The molecule has 0 saturated carbocycles. The molecule has 2 aromatic carbocycles. The molecule has 0 amide bonds. The fraction of sp³-hybridized carbons (Fsp3) is 0.222. The van der Waals surface area contributed by atoms with E-state index in [9.17, 15) is 0 Å². The Morgan fingerprint density at radius 3 is 2.28 bits per heavy atom. The van der Waals surface area contributed by atoms with Crippen LogP contribution in [0.5, 0.6) is 5.75 Å². The molecular formula is C18H19N3O2S2. The standard InChI is InChI=1S/C18H19N3O2S2/c1-12-2-4-13(5-3-12)20-17(24)21-14-6-8-15(9-7-14)22-11-16-10-19-18(25)23-16/h2-9,16H,10-11H2,1H3,(H,19,25)(H2,20,21,24). The van der Waals surface area contributed by atoms with Gasteiger partial charge in [0.1, 0.15) is 12.4 Å². The fourth-order valence-corrected chi connectivity index (χ4v) is 2.73. The fourth-order valence-electron chi connectivity index (χ4n) is 2.28. The number of hydrogen-bond acceptors (Lipinski definition) is 4. The van der Waals surface area contributed by atoms with Crippen molar-refractivity contribution in [2.45, 2.75) is 13.0 Å². The highest BCUT2D eigenvalue weighted by Gasteiger charge is 2.20. The minimum Gasteiger partial charge on any atom is -0.490 e. The van der Waals surface area contributed by atoms with Crippen LogP contribution in [0.1, 0.15) is 5.56 Å². The Kier molecular flexibility index (Phi) is 5.67. The topological polar surface area (TPSA) is 54.5 Å². The molecule has 5 nitrogen and oxygen atoms in total. The van der Waals surface area contributed by atoms with E-state index >= 15 is 0 Å². The lowest BCUT2D eigenvalue weighted by molar-refractivity contribution is 0.150. The van der Waals surface area contributed by atoms with Crippen LogP contribution in [-0.4, -0.2) is 29.5 Å². The van der Waals surface area contributed by atoms with Crippen molar-refractivity contribution in [2.24, 2.45) is 0 Å². The molecule has 0 aromatic heterocycles. The minimum atomic E-state index is -0.0448. The van der Waals surface area contributed by atoms with E-state index in [1.807, 2.05) is 55.5 Å². The summed E-state index contributed by atoms with van der Waals surface area (Å²) in [4.78, 5) is 0. The SMILES string of the molecule is Cc1ccc(NC(=S)Nc2ccc(OCC3CNC(=S)O3)cc2)cc1. The van der Waals surface area contributed by atoms with Crippen LogP contribution in [0.25, 0.3) is 0 Å². The van der Waals surface area contributed by atoms with E-state index in [0.717, 1.165) is 17.1 Å². The highest BCUT2D eigenvalue weighted by molar-refractivity contribution is 7.80. The predicted octanol–water partition coefficient (Wildman–Crippen LogP) is 3.46. The highest BCUT2D eigenvalue weighted by atomic mass is 32.1. The summed E-state index contributed by atoms with van der Waals surface area (Å²) >= 11 is 10.3. The lowest BCUT2D eigenvalue weighted by atomic mass is 10.2. The summed E-state index contributed by atoms with van der Waals surface area (Å²) in [6, 6.07) is 15.7. The van der Waals surface area contributed by atoms with Gasteiger partial charge in [-0.15, -0.1) is 0 Å². The zero-order valence-corrected chi connectivity index (χ0v) is 15.4. The monoisotopic (exact) mass is 373 g/mol. The molecule has 0 bridgehead atoms. The van der Waals surface area contributed by atoms with Crippen molar-refractivity contribution < 1.29 is 9.47 Å². The molecule has 0 radical (unpaired) electrons. The average Bonchev–Trinajstić information content (AvgIpc) is 3.02. The first-order chi connectivity index (χ1) is 12.1. The van der Waals surface area contributed by atoms with E-state index in [2.05, 4.69) is 16.0 Å². The molecule has 1 atom stereocenters. The van der Waals surface area contributed by atoms with Gasteiger partial charge in [-0.05, 0) is 67.8 Å². The zero-order chi connectivity index (χ0) is 17.6. The van der Waals surface area contributed by atoms with Crippen molar-refractivity contribution in [1.29, 1.82) is 0 Å². The Morgan fingerprint density at radius 1 is 1.12 bits per heavy atom. The summed E-state index contributed by atoms with van der Waals surface area (Å²) in [5.74, 6) is 0.768. The van der Waals surface area contributed by atoms with Gasteiger partial charge in [0.15, 0.2) is 11.2 Å². The van der Waals surface area contributed by atoms with Gasteiger partial charge in [-0.3, -0.25) is 0 Å². The molecule has 1 aliphatic heterocycles. The molecule has 25 heavy (non-hydrogen) atoms. The number of rotatable bonds is 5. The van der Waals surface area contributed by atoms with E-state index in [4.69, 9.17) is 33.9 Å². The van der Waals surface area contributed by atoms with Crippen molar-refractivity contribution >= 4 is 46.1 Å². The first kappa shape index (κ1) is 17.4. The van der Waals surface area contributed by atoms with Crippen molar-refractivity contribution in [3.63, 3.8) is 0 Å². The van der Waals surface area contributed by atoms with Gasteiger partial charge in [-0.25, -0.2) is 0 Å². The van der Waals surface area contributed by atoms with E-state index < -0.39 is 0 Å². The molecule has 3 rings (SSSR count). The number of hydrogen-bond donors (Lipinski definition) is 3. The van der Waals surface area contributed by atoms with Gasteiger partial charge in [-0.1, -0.05) is 17.7 Å². The van der Waals surface area contributed by atoms with Gasteiger partial charge < -0.3 is 25.4 Å². The molecule has 1 fully saturated rings. The summed E-state index contributed by atoms with van der Waals surface area (Å²) in [7, 11) is 0. The molecule has 2 aromatic rings. The first-order valence-electron chi connectivity index (χ1n) is 7.90. The van der Waals surface area contributed by atoms with Crippen LogP contribution in [0.3, 0.4) is 0 Å². The maximum atomic E-state index is 5.70. The van der Waals surface area contributed by atoms with Crippen LogP contribution < -0.4 is 20.7 Å². The van der Waals surface area contributed by atoms with Crippen LogP contribution in [0.4, 0.5) is 11.4 Å². The molecule has 3 N–H and O–H groups in total. The molecule has 0 aliphatic carbocycles. The summed E-state index contributed by atoms with van der Waals surface area (Å²) in [6.45, 7) is 3.18. The predicted molar refractivity (Wildman–Crippen MR) is 108 cm³/mol. The summed E-state index contributed by atoms with van der Waals surface area (Å²) in [5, 5.41) is 10.2. The van der Waals surface area contributed by atoms with E-state index in [1.165, 1.54) is 5.56 Å². The van der Waals surface area contributed by atoms with Gasteiger partial charge in [0.05, 0.1) is 6.54 Å². The van der Waals surface area contributed by atoms with Gasteiger partial charge in [0.2, 0.25) is 0 Å². The summed E-state index contributed by atoms with van der Waals surface area (Å²) in [5.41, 5.74) is 3.05. The average molecular weight is 374 g/mol. The Labute approximate surface area is 157 Å². The zero-order valence-electron chi connectivity index (χ0n) is 13.7. The third-order valence-electron chi connectivity index (χ3n) is 3.61. The van der Waals surface area contributed by atoms with Crippen LogP contribution in [0, 0.1) is 6.92 Å². The number of thiocarbonyl (C=S) groups is 2. The number of ether oxygens (including phenoxy) is 2. The van der Waals surface area contributed by atoms with Gasteiger partial charge in [0, 0.05) is 11.4 Å². The molecule has 0 spiro atoms. The molecular weight excluding hydrogens is 354 g/mol. The third kappa shape index (κ3) is 5.30. The minimum absolute atomic E-state index is 0.0448. The second kappa shape index (κ2) is 8.13. The molecule has 1 heterocycles. The van der Waals surface area contributed by atoms with Crippen LogP contribution in [0.2, 0.25) is 0 Å². The maximum Gasteiger partial charge on any atom is 0.257 e. The second-order valence-corrected chi connectivity index (χ2v) is 6.47.